The highest BCUT2D eigenvalue weighted by Crippen LogP contribution is 2.17. The molecule has 0 heterocycles. The Labute approximate surface area is 170 Å². The zero-order valence-electron chi connectivity index (χ0n) is 16.6. The molecule has 0 saturated heterocycles. The molecule has 29 heavy (non-hydrogen) atoms. The molecule has 3 aromatic rings. The predicted octanol–water partition coefficient (Wildman–Crippen LogP) is 4.61. The van der Waals surface area contributed by atoms with Crippen LogP contribution in [-0.4, -0.2) is 30.4 Å². The van der Waals surface area contributed by atoms with Gasteiger partial charge in [-0.3, -0.25) is 9.59 Å². The third-order valence-electron chi connectivity index (χ3n) is 4.40. The summed E-state index contributed by atoms with van der Waals surface area (Å²) in [4.78, 5) is 27.0. The standard InChI is InChI=1S/C24H24N2O3/c1-3-29-22-14-12-21(13-15-22)25-23(27)19-10-7-11-20(16-19)24(28)26(2)17-18-8-5-4-6-9-18/h4-16H,3,17H2,1-2H3,(H,25,27). The highest BCUT2D eigenvalue weighted by atomic mass is 16.5. The Morgan fingerprint density at radius 2 is 1.59 bits per heavy atom. The maximum atomic E-state index is 12.8. The van der Waals surface area contributed by atoms with E-state index in [0.717, 1.165) is 11.3 Å². The Kier molecular flexibility index (Phi) is 6.63. The zero-order chi connectivity index (χ0) is 20.6. The van der Waals surface area contributed by atoms with Crippen LogP contribution < -0.4 is 10.1 Å². The van der Waals surface area contributed by atoms with Gasteiger partial charge in [0.25, 0.3) is 11.8 Å². The van der Waals surface area contributed by atoms with Gasteiger partial charge in [-0.25, -0.2) is 0 Å². The van der Waals surface area contributed by atoms with Crippen LogP contribution in [0.2, 0.25) is 0 Å². The first-order valence-electron chi connectivity index (χ1n) is 9.50. The van der Waals surface area contributed by atoms with E-state index in [9.17, 15) is 9.59 Å². The van der Waals surface area contributed by atoms with E-state index >= 15 is 0 Å². The fourth-order valence-electron chi connectivity index (χ4n) is 2.95. The second-order valence-corrected chi connectivity index (χ2v) is 6.64. The van der Waals surface area contributed by atoms with Crippen molar-refractivity contribution in [2.75, 3.05) is 19.0 Å². The first kappa shape index (κ1) is 20.1. The Morgan fingerprint density at radius 3 is 2.28 bits per heavy atom. The maximum absolute atomic E-state index is 12.8. The van der Waals surface area contributed by atoms with Gasteiger partial charge in [-0.15, -0.1) is 0 Å². The van der Waals surface area contributed by atoms with E-state index in [1.165, 1.54) is 0 Å². The Morgan fingerprint density at radius 1 is 0.897 bits per heavy atom. The van der Waals surface area contributed by atoms with Crippen molar-refractivity contribution in [2.24, 2.45) is 0 Å². The molecule has 148 valence electrons. The lowest BCUT2D eigenvalue weighted by molar-refractivity contribution is 0.0785. The second kappa shape index (κ2) is 9.55. The van der Waals surface area contributed by atoms with Gasteiger partial charge in [0.15, 0.2) is 0 Å². The van der Waals surface area contributed by atoms with E-state index in [1.807, 2.05) is 37.3 Å². The van der Waals surface area contributed by atoms with E-state index in [0.29, 0.717) is 30.0 Å². The highest BCUT2D eigenvalue weighted by Gasteiger charge is 2.15. The minimum absolute atomic E-state index is 0.135. The number of nitrogens with zero attached hydrogens (tertiary/aromatic N) is 1. The number of rotatable bonds is 7. The molecule has 1 N–H and O–H groups in total. The van der Waals surface area contributed by atoms with Crippen LogP contribution in [0.3, 0.4) is 0 Å². The van der Waals surface area contributed by atoms with Crippen LogP contribution in [0, 0.1) is 0 Å². The lowest BCUT2D eigenvalue weighted by Crippen LogP contribution is -2.26. The number of hydrogen-bond acceptors (Lipinski definition) is 3. The summed E-state index contributed by atoms with van der Waals surface area (Å²) in [6.45, 7) is 3.01. The summed E-state index contributed by atoms with van der Waals surface area (Å²) in [5.74, 6) is 0.346. The summed E-state index contributed by atoms with van der Waals surface area (Å²) in [7, 11) is 1.75. The van der Waals surface area contributed by atoms with Crippen LogP contribution in [0.15, 0.2) is 78.9 Å². The van der Waals surface area contributed by atoms with Crippen molar-refractivity contribution in [1.82, 2.24) is 4.90 Å². The van der Waals surface area contributed by atoms with Gasteiger partial charge in [0, 0.05) is 30.4 Å². The summed E-state index contributed by atoms with van der Waals surface area (Å²) in [6, 6.07) is 23.7. The molecule has 0 aliphatic rings. The Bertz CT molecular complexity index is 969. The number of anilines is 1. The molecule has 2 amide bonds. The number of benzene rings is 3. The summed E-state index contributed by atoms with van der Waals surface area (Å²) < 4.78 is 5.40. The molecular weight excluding hydrogens is 364 g/mol. The number of hydrogen-bond donors (Lipinski definition) is 1. The smallest absolute Gasteiger partial charge is 0.255 e. The minimum atomic E-state index is -0.269. The number of nitrogens with one attached hydrogen (secondary N) is 1. The molecule has 0 unspecified atom stereocenters. The van der Waals surface area contributed by atoms with Crippen molar-refractivity contribution in [3.63, 3.8) is 0 Å². The quantitative estimate of drug-likeness (QED) is 0.643. The van der Waals surface area contributed by atoms with Gasteiger partial charge in [-0.05, 0) is 55.0 Å². The normalized spacial score (nSPS) is 10.3. The molecule has 0 aromatic heterocycles. The largest absolute Gasteiger partial charge is 0.494 e. The number of ether oxygens (including phenoxy) is 1. The first-order valence-corrected chi connectivity index (χ1v) is 9.50. The molecule has 0 saturated carbocycles. The Balaban J connectivity index is 1.67. The lowest BCUT2D eigenvalue weighted by Gasteiger charge is -2.17. The number of carbonyl (C=O) groups is 2. The average Bonchev–Trinajstić information content (AvgIpc) is 2.75. The van der Waals surface area contributed by atoms with Crippen molar-refractivity contribution < 1.29 is 14.3 Å². The molecule has 0 aliphatic heterocycles. The predicted molar refractivity (Wildman–Crippen MR) is 114 cm³/mol. The fourth-order valence-corrected chi connectivity index (χ4v) is 2.95. The molecule has 0 spiro atoms. The van der Waals surface area contributed by atoms with E-state index < -0.39 is 0 Å². The van der Waals surface area contributed by atoms with Gasteiger partial charge in [0.2, 0.25) is 0 Å². The first-order chi connectivity index (χ1) is 14.1. The van der Waals surface area contributed by atoms with Gasteiger partial charge in [0.1, 0.15) is 5.75 Å². The molecule has 5 heteroatoms. The van der Waals surface area contributed by atoms with Crippen molar-refractivity contribution in [2.45, 2.75) is 13.5 Å². The maximum Gasteiger partial charge on any atom is 0.255 e. The molecule has 3 aromatic carbocycles. The molecule has 0 aliphatic carbocycles. The van der Waals surface area contributed by atoms with Crippen molar-refractivity contribution in [3.8, 4) is 5.75 Å². The molecule has 0 fully saturated rings. The lowest BCUT2D eigenvalue weighted by atomic mass is 10.1. The van der Waals surface area contributed by atoms with E-state index in [-0.39, 0.29) is 11.8 Å². The van der Waals surface area contributed by atoms with Crippen LogP contribution in [0.25, 0.3) is 0 Å². The summed E-state index contributed by atoms with van der Waals surface area (Å²) >= 11 is 0. The Hall–Kier alpha value is -3.60. The van der Waals surface area contributed by atoms with Gasteiger partial charge < -0.3 is 15.0 Å². The average molecular weight is 388 g/mol. The van der Waals surface area contributed by atoms with Crippen LogP contribution in [-0.2, 0) is 6.54 Å². The van der Waals surface area contributed by atoms with Crippen molar-refractivity contribution in [1.29, 1.82) is 0 Å². The summed E-state index contributed by atoms with van der Waals surface area (Å²) in [5, 5.41) is 2.84. The van der Waals surface area contributed by atoms with Crippen LogP contribution in [0.5, 0.6) is 5.75 Å². The van der Waals surface area contributed by atoms with Gasteiger partial charge in [-0.2, -0.15) is 0 Å². The van der Waals surface area contributed by atoms with Crippen molar-refractivity contribution >= 4 is 17.5 Å². The van der Waals surface area contributed by atoms with E-state index in [1.54, 1.807) is 60.5 Å². The number of carbonyl (C=O) groups excluding carboxylic acids is 2. The zero-order valence-corrected chi connectivity index (χ0v) is 16.6. The summed E-state index contributed by atoms with van der Waals surface area (Å²) in [6.07, 6.45) is 0. The molecular formula is C24H24N2O3. The molecule has 0 atom stereocenters. The van der Waals surface area contributed by atoms with Crippen LogP contribution >= 0.6 is 0 Å². The molecule has 0 bridgehead atoms. The van der Waals surface area contributed by atoms with Crippen LogP contribution in [0.4, 0.5) is 5.69 Å². The van der Waals surface area contributed by atoms with Gasteiger partial charge >= 0.3 is 0 Å². The van der Waals surface area contributed by atoms with Crippen LogP contribution in [0.1, 0.15) is 33.2 Å². The number of amides is 2. The molecule has 3 rings (SSSR count). The fraction of sp³-hybridized carbons (Fsp3) is 0.167. The van der Waals surface area contributed by atoms with Gasteiger partial charge in [-0.1, -0.05) is 36.4 Å². The van der Waals surface area contributed by atoms with E-state index in [4.69, 9.17) is 4.74 Å². The monoisotopic (exact) mass is 388 g/mol. The third-order valence-corrected chi connectivity index (χ3v) is 4.40. The van der Waals surface area contributed by atoms with Crippen molar-refractivity contribution in [3.05, 3.63) is 95.6 Å². The van der Waals surface area contributed by atoms with E-state index in [2.05, 4.69) is 5.32 Å². The third kappa shape index (κ3) is 5.45. The molecule has 5 nitrogen and oxygen atoms in total. The topological polar surface area (TPSA) is 58.6 Å². The van der Waals surface area contributed by atoms with Gasteiger partial charge in [0.05, 0.1) is 6.61 Å². The highest BCUT2D eigenvalue weighted by molar-refractivity contribution is 6.06. The second-order valence-electron chi connectivity index (χ2n) is 6.64. The minimum Gasteiger partial charge on any atom is -0.494 e. The molecule has 0 radical (unpaired) electrons. The SMILES string of the molecule is CCOc1ccc(NC(=O)c2cccc(C(=O)N(C)Cc3ccccc3)c2)cc1. The summed E-state index contributed by atoms with van der Waals surface area (Å²) in [5.41, 5.74) is 2.62.